The van der Waals surface area contributed by atoms with Crippen LogP contribution in [0.1, 0.15) is 5.69 Å². The number of nitrogens with zero attached hydrogens (tertiary/aromatic N) is 4. The van der Waals surface area contributed by atoms with Gasteiger partial charge in [0, 0.05) is 31.7 Å². The smallest absolute Gasteiger partial charge is 0.0949 e. The van der Waals surface area contributed by atoms with Gasteiger partial charge in [0.05, 0.1) is 28.7 Å². The van der Waals surface area contributed by atoms with E-state index in [1.54, 1.807) is 0 Å². The number of hydrogen-bond acceptors (Lipinski definition) is 3. The average Bonchev–Trinajstić information content (AvgIpc) is 2.76. The topological polar surface area (TPSA) is 34.0 Å². The quantitative estimate of drug-likeness (QED) is 0.801. The Morgan fingerprint density at radius 3 is 3.00 bits per heavy atom. The largest absolute Gasteiger partial charge is 0.363 e. The Bertz CT molecular complexity index is 508. The Labute approximate surface area is 102 Å². The zero-order chi connectivity index (χ0) is 11.0. The third-order valence-corrected chi connectivity index (χ3v) is 3.46. The van der Waals surface area contributed by atoms with Gasteiger partial charge in [-0.1, -0.05) is 0 Å². The second kappa shape index (κ2) is 3.90. The lowest BCUT2D eigenvalue weighted by Crippen LogP contribution is -2.33. The molecule has 0 fully saturated rings. The Balaban J connectivity index is 1.92. The van der Waals surface area contributed by atoms with Crippen LogP contribution in [-0.4, -0.2) is 21.1 Å². The van der Waals surface area contributed by atoms with E-state index in [2.05, 4.69) is 35.4 Å². The fraction of sp³-hybridized carbons (Fsp3) is 0.273. The molecule has 0 amide bonds. The van der Waals surface area contributed by atoms with Crippen molar-refractivity contribution < 1.29 is 0 Å². The zero-order valence-corrected chi connectivity index (χ0v) is 10.3. The normalized spacial score (nSPS) is 14.9. The SMILES string of the molecule is Brc1cnccc1N1CCn2cncc2C1. The summed E-state index contributed by atoms with van der Waals surface area (Å²) in [5.74, 6) is 0. The molecule has 0 N–H and O–H groups in total. The number of fused-ring (bicyclic) bond motifs is 1. The van der Waals surface area contributed by atoms with Gasteiger partial charge in [0.15, 0.2) is 0 Å². The Morgan fingerprint density at radius 2 is 2.12 bits per heavy atom. The lowest BCUT2D eigenvalue weighted by Gasteiger charge is -2.30. The molecule has 3 heterocycles. The molecule has 4 nitrogen and oxygen atoms in total. The molecule has 0 saturated carbocycles. The van der Waals surface area contributed by atoms with Crippen LogP contribution in [0.15, 0.2) is 35.5 Å². The number of hydrogen-bond donors (Lipinski definition) is 0. The van der Waals surface area contributed by atoms with Gasteiger partial charge in [-0.25, -0.2) is 4.98 Å². The van der Waals surface area contributed by atoms with Crippen molar-refractivity contribution in [2.24, 2.45) is 0 Å². The van der Waals surface area contributed by atoms with Gasteiger partial charge in [0.25, 0.3) is 0 Å². The summed E-state index contributed by atoms with van der Waals surface area (Å²) in [5.41, 5.74) is 2.46. The van der Waals surface area contributed by atoms with Crippen molar-refractivity contribution in [1.29, 1.82) is 0 Å². The number of anilines is 1. The molecule has 2 aromatic heterocycles. The van der Waals surface area contributed by atoms with Gasteiger partial charge in [0.2, 0.25) is 0 Å². The number of pyridine rings is 1. The maximum Gasteiger partial charge on any atom is 0.0949 e. The first-order valence-electron chi connectivity index (χ1n) is 5.18. The standard InChI is InChI=1S/C11H11BrN4/c12-10-6-13-2-1-11(10)15-3-4-16-8-14-5-9(16)7-15/h1-2,5-6,8H,3-4,7H2. The predicted molar refractivity (Wildman–Crippen MR) is 65.2 cm³/mol. The van der Waals surface area contributed by atoms with Crippen LogP contribution in [-0.2, 0) is 13.1 Å². The van der Waals surface area contributed by atoms with Gasteiger partial charge in [-0.3, -0.25) is 4.98 Å². The second-order valence-electron chi connectivity index (χ2n) is 3.83. The first-order chi connectivity index (χ1) is 7.84. The maximum atomic E-state index is 4.17. The van der Waals surface area contributed by atoms with E-state index in [0.29, 0.717) is 0 Å². The van der Waals surface area contributed by atoms with E-state index in [4.69, 9.17) is 0 Å². The van der Waals surface area contributed by atoms with Crippen molar-refractivity contribution in [3.63, 3.8) is 0 Å². The van der Waals surface area contributed by atoms with Crippen molar-refractivity contribution >= 4 is 21.6 Å². The van der Waals surface area contributed by atoms with Gasteiger partial charge < -0.3 is 9.47 Å². The molecule has 5 heteroatoms. The number of imidazole rings is 1. The van der Waals surface area contributed by atoms with Crippen LogP contribution in [0.5, 0.6) is 0 Å². The minimum absolute atomic E-state index is 0.905. The summed E-state index contributed by atoms with van der Waals surface area (Å²) in [5, 5.41) is 0. The predicted octanol–water partition coefficient (Wildman–Crippen LogP) is 2.06. The molecule has 0 atom stereocenters. The van der Waals surface area contributed by atoms with Crippen molar-refractivity contribution in [1.82, 2.24) is 14.5 Å². The molecule has 0 spiro atoms. The van der Waals surface area contributed by atoms with Crippen molar-refractivity contribution in [3.05, 3.63) is 41.2 Å². The van der Waals surface area contributed by atoms with E-state index in [9.17, 15) is 0 Å². The van der Waals surface area contributed by atoms with E-state index in [1.165, 1.54) is 11.4 Å². The highest BCUT2D eigenvalue weighted by molar-refractivity contribution is 9.10. The molecule has 0 aliphatic carbocycles. The Kier molecular flexibility index (Phi) is 2.40. The molecular formula is C11H11BrN4. The van der Waals surface area contributed by atoms with Crippen LogP contribution in [0.4, 0.5) is 5.69 Å². The summed E-state index contributed by atoms with van der Waals surface area (Å²) >= 11 is 3.54. The van der Waals surface area contributed by atoms with Gasteiger partial charge in [-0.2, -0.15) is 0 Å². The van der Waals surface area contributed by atoms with Crippen LogP contribution in [0, 0.1) is 0 Å². The maximum absolute atomic E-state index is 4.17. The summed E-state index contributed by atoms with van der Waals surface area (Å²) in [6.07, 6.45) is 7.49. The highest BCUT2D eigenvalue weighted by Gasteiger charge is 2.17. The van der Waals surface area contributed by atoms with E-state index < -0.39 is 0 Å². The molecule has 3 rings (SSSR count). The van der Waals surface area contributed by atoms with Gasteiger partial charge in [0.1, 0.15) is 0 Å². The van der Waals surface area contributed by atoms with E-state index in [-0.39, 0.29) is 0 Å². The highest BCUT2D eigenvalue weighted by atomic mass is 79.9. The van der Waals surface area contributed by atoms with Gasteiger partial charge in [-0.15, -0.1) is 0 Å². The second-order valence-corrected chi connectivity index (χ2v) is 4.68. The monoisotopic (exact) mass is 278 g/mol. The molecule has 82 valence electrons. The van der Waals surface area contributed by atoms with Crippen molar-refractivity contribution in [2.45, 2.75) is 13.1 Å². The molecule has 16 heavy (non-hydrogen) atoms. The number of aromatic nitrogens is 3. The third-order valence-electron chi connectivity index (χ3n) is 2.85. The minimum atomic E-state index is 0.905. The highest BCUT2D eigenvalue weighted by Crippen LogP contribution is 2.27. The fourth-order valence-electron chi connectivity index (χ4n) is 2.01. The van der Waals surface area contributed by atoms with Crippen LogP contribution in [0.25, 0.3) is 0 Å². The van der Waals surface area contributed by atoms with E-state index in [0.717, 1.165) is 24.1 Å². The number of halogens is 1. The summed E-state index contributed by atoms with van der Waals surface area (Å²) in [6, 6.07) is 2.04. The molecule has 0 radical (unpaired) electrons. The van der Waals surface area contributed by atoms with Crippen LogP contribution in [0.2, 0.25) is 0 Å². The first kappa shape index (κ1) is 9.84. The molecule has 0 saturated heterocycles. The van der Waals surface area contributed by atoms with Crippen LogP contribution >= 0.6 is 15.9 Å². The Hall–Kier alpha value is -1.36. The lowest BCUT2D eigenvalue weighted by atomic mass is 10.2. The van der Waals surface area contributed by atoms with Gasteiger partial charge in [-0.05, 0) is 22.0 Å². The van der Waals surface area contributed by atoms with E-state index in [1.807, 2.05) is 31.0 Å². The minimum Gasteiger partial charge on any atom is -0.363 e. The van der Waals surface area contributed by atoms with Gasteiger partial charge >= 0.3 is 0 Å². The van der Waals surface area contributed by atoms with Crippen LogP contribution < -0.4 is 4.90 Å². The molecule has 0 bridgehead atoms. The summed E-state index contributed by atoms with van der Waals surface area (Å²) in [6.45, 7) is 2.90. The van der Waals surface area contributed by atoms with E-state index >= 15 is 0 Å². The lowest BCUT2D eigenvalue weighted by molar-refractivity contribution is 0.570. The number of rotatable bonds is 1. The molecule has 0 aromatic carbocycles. The Morgan fingerprint density at radius 1 is 1.19 bits per heavy atom. The molecule has 2 aromatic rings. The van der Waals surface area contributed by atoms with Crippen molar-refractivity contribution in [3.8, 4) is 0 Å². The average molecular weight is 279 g/mol. The molecule has 1 aliphatic rings. The summed E-state index contributed by atoms with van der Waals surface area (Å²) < 4.78 is 3.24. The zero-order valence-electron chi connectivity index (χ0n) is 8.67. The van der Waals surface area contributed by atoms with Crippen molar-refractivity contribution in [2.75, 3.05) is 11.4 Å². The molecular weight excluding hydrogens is 268 g/mol. The van der Waals surface area contributed by atoms with Crippen LogP contribution in [0.3, 0.4) is 0 Å². The third kappa shape index (κ3) is 1.61. The molecule has 1 aliphatic heterocycles. The fourth-order valence-corrected chi connectivity index (χ4v) is 2.52. The molecule has 0 unspecified atom stereocenters. The summed E-state index contributed by atoms with van der Waals surface area (Å²) in [7, 11) is 0. The first-order valence-corrected chi connectivity index (χ1v) is 5.97. The summed E-state index contributed by atoms with van der Waals surface area (Å²) in [4.78, 5) is 10.6.